The Balaban J connectivity index is 1.81. The number of nitrogens with zero attached hydrogens (tertiary/aromatic N) is 4. The highest BCUT2D eigenvalue weighted by Crippen LogP contribution is 2.35. The van der Waals surface area contributed by atoms with Crippen LogP contribution in [0.1, 0.15) is 25.8 Å². The number of pyridine rings is 1. The number of likely N-dealkylation sites (tertiary alicyclic amines) is 1. The molecule has 0 aromatic carbocycles. The van der Waals surface area contributed by atoms with Crippen molar-refractivity contribution in [2.75, 3.05) is 39.8 Å². The van der Waals surface area contributed by atoms with Crippen LogP contribution >= 0.6 is 0 Å². The number of carbonyl (C=O) groups excluding carboxylic acids is 2. The highest BCUT2D eigenvalue weighted by Gasteiger charge is 2.46. The van der Waals surface area contributed by atoms with Crippen LogP contribution in [0.5, 0.6) is 0 Å². The molecule has 2 aliphatic heterocycles. The lowest BCUT2D eigenvalue weighted by Crippen LogP contribution is -2.45. The number of rotatable bonds is 3. The standard InChI is InChI=1S/C19H28N4O2/c1-15(2)18(25)23-9-8-22(11-16-4-6-20-7-5-16)13-19(14-23)10-17(24)21(3)12-19/h4-7,15H,8-14H2,1-3H3/t19-/m0/s1. The lowest BCUT2D eigenvalue weighted by Gasteiger charge is -2.34. The predicted molar refractivity (Wildman–Crippen MR) is 95.6 cm³/mol. The van der Waals surface area contributed by atoms with E-state index < -0.39 is 0 Å². The first kappa shape index (κ1) is 17.9. The average Bonchev–Trinajstić information content (AvgIpc) is 2.74. The van der Waals surface area contributed by atoms with E-state index >= 15 is 0 Å². The molecule has 2 amide bonds. The fourth-order valence-electron chi connectivity index (χ4n) is 4.10. The van der Waals surface area contributed by atoms with Gasteiger partial charge in [0, 0.05) is 76.5 Å². The second kappa shape index (κ2) is 7.12. The first-order chi connectivity index (χ1) is 11.9. The van der Waals surface area contributed by atoms with Gasteiger partial charge in [0.25, 0.3) is 0 Å². The van der Waals surface area contributed by atoms with Gasteiger partial charge in [-0.3, -0.25) is 19.5 Å². The van der Waals surface area contributed by atoms with Crippen molar-refractivity contribution in [2.45, 2.75) is 26.8 Å². The lowest BCUT2D eigenvalue weighted by molar-refractivity contribution is -0.135. The molecule has 0 radical (unpaired) electrons. The van der Waals surface area contributed by atoms with Crippen LogP contribution < -0.4 is 0 Å². The van der Waals surface area contributed by atoms with Gasteiger partial charge in [-0.1, -0.05) is 13.8 Å². The third-order valence-corrected chi connectivity index (χ3v) is 5.26. The minimum atomic E-state index is -0.167. The SMILES string of the molecule is CC(C)C(=O)N1CCN(Cc2ccncc2)C[C@@]2(CC(=O)N(C)C2)C1. The molecule has 0 N–H and O–H groups in total. The Morgan fingerprint density at radius 3 is 2.52 bits per heavy atom. The van der Waals surface area contributed by atoms with Crippen molar-refractivity contribution in [3.63, 3.8) is 0 Å². The van der Waals surface area contributed by atoms with Gasteiger partial charge in [0.15, 0.2) is 0 Å². The summed E-state index contributed by atoms with van der Waals surface area (Å²) in [6, 6.07) is 4.06. The highest BCUT2D eigenvalue weighted by molar-refractivity contribution is 5.80. The van der Waals surface area contributed by atoms with E-state index in [2.05, 4.69) is 9.88 Å². The van der Waals surface area contributed by atoms with Gasteiger partial charge in [-0.15, -0.1) is 0 Å². The Kier molecular flexibility index (Phi) is 5.08. The molecule has 6 heteroatoms. The van der Waals surface area contributed by atoms with E-state index in [-0.39, 0.29) is 23.1 Å². The molecule has 1 aromatic rings. The summed E-state index contributed by atoms with van der Waals surface area (Å²) in [5.74, 6) is 0.355. The summed E-state index contributed by atoms with van der Waals surface area (Å²) in [4.78, 5) is 35.1. The molecule has 3 heterocycles. The maximum Gasteiger partial charge on any atom is 0.225 e. The quantitative estimate of drug-likeness (QED) is 0.828. The monoisotopic (exact) mass is 344 g/mol. The minimum absolute atomic E-state index is 0.0152. The van der Waals surface area contributed by atoms with Crippen molar-refractivity contribution < 1.29 is 9.59 Å². The Morgan fingerprint density at radius 1 is 1.20 bits per heavy atom. The van der Waals surface area contributed by atoms with Gasteiger partial charge < -0.3 is 9.80 Å². The third-order valence-electron chi connectivity index (χ3n) is 5.26. The molecule has 136 valence electrons. The number of carbonyl (C=O) groups is 2. The van der Waals surface area contributed by atoms with Gasteiger partial charge in [0.2, 0.25) is 11.8 Å². The lowest BCUT2D eigenvalue weighted by atomic mass is 9.85. The molecule has 1 aromatic heterocycles. The average molecular weight is 344 g/mol. The maximum absolute atomic E-state index is 12.6. The van der Waals surface area contributed by atoms with Gasteiger partial charge in [0.1, 0.15) is 0 Å². The van der Waals surface area contributed by atoms with Crippen molar-refractivity contribution in [1.82, 2.24) is 19.7 Å². The summed E-state index contributed by atoms with van der Waals surface area (Å²) in [5.41, 5.74) is 1.05. The van der Waals surface area contributed by atoms with Crippen LogP contribution in [0.25, 0.3) is 0 Å². The summed E-state index contributed by atoms with van der Waals surface area (Å²) in [5, 5.41) is 0. The molecule has 1 spiro atoms. The van der Waals surface area contributed by atoms with E-state index in [4.69, 9.17) is 0 Å². The van der Waals surface area contributed by atoms with Crippen LogP contribution in [0.2, 0.25) is 0 Å². The molecule has 0 saturated carbocycles. The second-order valence-corrected chi connectivity index (χ2v) is 7.91. The number of hydrogen-bond donors (Lipinski definition) is 0. The van der Waals surface area contributed by atoms with Crippen LogP contribution in [-0.2, 0) is 16.1 Å². The molecule has 2 fully saturated rings. The zero-order chi connectivity index (χ0) is 18.0. The Morgan fingerprint density at radius 2 is 1.92 bits per heavy atom. The summed E-state index contributed by atoms with van der Waals surface area (Å²) < 4.78 is 0. The van der Waals surface area contributed by atoms with Crippen molar-refractivity contribution >= 4 is 11.8 Å². The molecule has 25 heavy (non-hydrogen) atoms. The molecule has 0 unspecified atom stereocenters. The van der Waals surface area contributed by atoms with Gasteiger partial charge in [-0.05, 0) is 17.7 Å². The van der Waals surface area contributed by atoms with Crippen molar-refractivity contribution in [1.29, 1.82) is 0 Å². The molecule has 6 nitrogen and oxygen atoms in total. The molecular weight excluding hydrogens is 316 g/mol. The molecule has 3 rings (SSSR count). The summed E-state index contributed by atoms with van der Waals surface area (Å²) in [6.07, 6.45) is 4.15. The normalized spacial score (nSPS) is 25.0. The first-order valence-corrected chi connectivity index (χ1v) is 9.03. The predicted octanol–water partition coefficient (Wildman–Crippen LogP) is 1.23. The van der Waals surface area contributed by atoms with Gasteiger partial charge >= 0.3 is 0 Å². The molecule has 2 saturated heterocycles. The second-order valence-electron chi connectivity index (χ2n) is 7.91. The van der Waals surface area contributed by atoms with E-state index in [9.17, 15) is 9.59 Å². The van der Waals surface area contributed by atoms with Crippen LogP contribution in [0.15, 0.2) is 24.5 Å². The molecule has 1 atom stereocenters. The zero-order valence-corrected chi connectivity index (χ0v) is 15.4. The molecule has 0 bridgehead atoms. The summed E-state index contributed by atoms with van der Waals surface area (Å²) >= 11 is 0. The Labute approximate surface area is 149 Å². The van der Waals surface area contributed by atoms with Crippen molar-refractivity contribution in [3.8, 4) is 0 Å². The maximum atomic E-state index is 12.6. The largest absolute Gasteiger partial charge is 0.345 e. The van der Waals surface area contributed by atoms with Crippen molar-refractivity contribution in [3.05, 3.63) is 30.1 Å². The minimum Gasteiger partial charge on any atom is -0.345 e. The van der Waals surface area contributed by atoms with Gasteiger partial charge in [0.05, 0.1) is 0 Å². The highest BCUT2D eigenvalue weighted by atomic mass is 16.2. The zero-order valence-electron chi connectivity index (χ0n) is 15.4. The fraction of sp³-hybridized carbons (Fsp3) is 0.632. The number of hydrogen-bond acceptors (Lipinski definition) is 4. The van der Waals surface area contributed by atoms with Crippen LogP contribution in [0.3, 0.4) is 0 Å². The third kappa shape index (κ3) is 4.00. The van der Waals surface area contributed by atoms with E-state index in [0.29, 0.717) is 13.0 Å². The molecule has 0 aliphatic carbocycles. The Hall–Kier alpha value is -1.95. The number of aromatic nitrogens is 1. The van der Waals surface area contributed by atoms with E-state index in [1.165, 1.54) is 5.56 Å². The smallest absolute Gasteiger partial charge is 0.225 e. The number of amides is 2. The van der Waals surface area contributed by atoms with E-state index in [0.717, 1.165) is 32.7 Å². The van der Waals surface area contributed by atoms with Gasteiger partial charge in [-0.25, -0.2) is 0 Å². The Bertz CT molecular complexity index is 634. The summed E-state index contributed by atoms with van der Waals surface area (Å²) in [7, 11) is 1.86. The summed E-state index contributed by atoms with van der Waals surface area (Å²) in [6.45, 7) is 8.51. The molecular formula is C19H28N4O2. The van der Waals surface area contributed by atoms with Crippen LogP contribution in [0, 0.1) is 11.3 Å². The topological polar surface area (TPSA) is 56.8 Å². The fourth-order valence-corrected chi connectivity index (χ4v) is 4.10. The van der Waals surface area contributed by atoms with Crippen LogP contribution in [0.4, 0.5) is 0 Å². The van der Waals surface area contributed by atoms with Gasteiger partial charge in [-0.2, -0.15) is 0 Å². The van der Waals surface area contributed by atoms with Crippen molar-refractivity contribution in [2.24, 2.45) is 11.3 Å². The first-order valence-electron chi connectivity index (χ1n) is 9.03. The molecule has 2 aliphatic rings. The van der Waals surface area contributed by atoms with Crippen LogP contribution in [-0.4, -0.2) is 71.3 Å². The van der Waals surface area contributed by atoms with E-state index in [1.54, 1.807) is 0 Å². The van der Waals surface area contributed by atoms with E-state index in [1.807, 2.05) is 55.2 Å².